The monoisotopic (exact) mass is 289 g/mol. The largest absolute Gasteiger partial charge is 0.480 e. The summed E-state index contributed by atoms with van der Waals surface area (Å²) in [5.74, 6) is 0.212. The zero-order valence-corrected chi connectivity index (χ0v) is 12.6. The first-order valence-electron chi connectivity index (χ1n) is 7.02. The average molecular weight is 289 g/mol. The van der Waals surface area contributed by atoms with Gasteiger partial charge in [0.15, 0.2) is 0 Å². The number of rotatable bonds is 6. The molecule has 1 atom stereocenters. The van der Waals surface area contributed by atoms with Crippen LogP contribution in [0.2, 0.25) is 0 Å². The summed E-state index contributed by atoms with van der Waals surface area (Å²) in [6, 6.07) is 8.23. The predicted octanol–water partition coefficient (Wildman–Crippen LogP) is 3.02. The van der Waals surface area contributed by atoms with Gasteiger partial charge in [-0.05, 0) is 49.2 Å². The highest BCUT2D eigenvalue weighted by atomic mass is 19.1. The summed E-state index contributed by atoms with van der Waals surface area (Å²) in [6.07, 6.45) is 0.981. The summed E-state index contributed by atoms with van der Waals surface area (Å²) in [6.45, 7) is 4.86. The number of ether oxygens (including phenoxy) is 1. The Balaban J connectivity index is 2.38. The maximum Gasteiger partial charge on any atom is 0.233 e. The molecule has 0 radical (unpaired) electrons. The van der Waals surface area contributed by atoms with Crippen LogP contribution in [-0.4, -0.2) is 23.9 Å². The molecule has 0 saturated heterocycles. The minimum Gasteiger partial charge on any atom is -0.480 e. The lowest BCUT2D eigenvalue weighted by molar-refractivity contribution is 0.390. The standard InChI is InChI=1S/C16H20FN3O/c1-4-9-18-16(13-10-12(17)6-5-11(13)2)14-7-8-15(21-3)20-19-14/h5-8,10,16,18H,4,9H2,1-3H3. The number of benzene rings is 1. The summed E-state index contributed by atoms with van der Waals surface area (Å²) in [5.41, 5.74) is 2.64. The van der Waals surface area contributed by atoms with Gasteiger partial charge in [0.05, 0.1) is 18.8 Å². The maximum absolute atomic E-state index is 13.6. The Morgan fingerprint density at radius 3 is 2.67 bits per heavy atom. The highest BCUT2D eigenvalue weighted by Crippen LogP contribution is 2.24. The molecule has 0 aliphatic heterocycles. The van der Waals surface area contributed by atoms with Crippen LogP contribution in [0.3, 0.4) is 0 Å². The fraction of sp³-hybridized carbons (Fsp3) is 0.375. The SMILES string of the molecule is CCCNC(c1ccc(OC)nn1)c1cc(F)ccc1C. The normalized spacial score (nSPS) is 12.2. The first kappa shape index (κ1) is 15.4. The second kappa shape index (κ2) is 7.13. The van der Waals surface area contributed by atoms with Crippen molar-refractivity contribution < 1.29 is 9.13 Å². The van der Waals surface area contributed by atoms with Crippen molar-refractivity contribution in [3.05, 3.63) is 53.0 Å². The molecule has 1 aromatic heterocycles. The minimum atomic E-state index is -0.250. The van der Waals surface area contributed by atoms with Crippen LogP contribution < -0.4 is 10.1 Å². The number of nitrogens with one attached hydrogen (secondary N) is 1. The number of hydrogen-bond donors (Lipinski definition) is 1. The summed E-state index contributed by atoms with van der Waals surface area (Å²) in [4.78, 5) is 0. The third-order valence-electron chi connectivity index (χ3n) is 3.32. The van der Waals surface area contributed by atoms with Crippen molar-refractivity contribution in [3.63, 3.8) is 0 Å². The van der Waals surface area contributed by atoms with Crippen molar-refractivity contribution in [1.82, 2.24) is 15.5 Å². The molecular formula is C16H20FN3O. The molecule has 0 aliphatic rings. The van der Waals surface area contributed by atoms with Crippen molar-refractivity contribution in [2.75, 3.05) is 13.7 Å². The molecule has 1 unspecified atom stereocenters. The lowest BCUT2D eigenvalue weighted by Crippen LogP contribution is -2.25. The summed E-state index contributed by atoms with van der Waals surface area (Å²) in [7, 11) is 1.55. The van der Waals surface area contributed by atoms with Gasteiger partial charge in [-0.2, -0.15) is 0 Å². The molecule has 2 aromatic rings. The van der Waals surface area contributed by atoms with E-state index in [2.05, 4.69) is 22.4 Å². The van der Waals surface area contributed by atoms with E-state index in [1.165, 1.54) is 6.07 Å². The second-order valence-corrected chi connectivity index (χ2v) is 4.89. The van der Waals surface area contributed by atoms with Crippen molar-refractivity contribution in [3.8, 4) is 5.88 Å². The van der Waals surface area contributed by atoms with Crippen LogP contribution in [0, 0.1) is 12.7 Å². The molecular weight excluding hydrogens is 269 g/mol. The van der Waals surface area contributed by atoms with Crippen LogP contribution >= 0.6 is 0 Å². The van der Waals surface area contributed by atoms with Gasteiger partial charge in [0.25, 0.3) is 0 Å². The number of methoxy groups -OCH3 is 1. The zero-order chi connectivity index (χ0) is 15.2. The molecule has 1 N–H and O–H groups in total. The predicted molar refractivity (Wildman–Crippen MR) is 79.9 cm³/mol. The van der Waals surface area contributed by atoms with Gasteiger partial charge in [0.1, 0.15) is 5.82 Å². The van der Waals surface area contributed by atoms with Crippen molar-refractivity contribution in [2.24, 2.45) is 0 Å². The molecule has 5 heteroatoms. The molecule has 0 saturated carbocycles. The molecule has 0 amide bonds. The third kappa shape index (κ3) is 3.76. The first-order chi connectivity index (χ1) is 10.2. The average Bonchev–Trinajstić information content (AvgIpc) is 2.51. The van der Waals surface area contributed by atoms with Gasteiger partial charge >= 0.3 is 0 Å². The number of aromatic nitrogens is 2. The van der Waals surface area contributed by atoms with Crippen molar-refractivity contribution in [2.45, 2.75) is 26.3 Å². The molecule has 0 spiro atoms. The van der Waals surface area contributed by atoms with Gasteiger partial charge < -0.3 is 10.1 Å². The Morgan fingerprint density at radius 1 is 1.24 bits per heavy atom. The number of hydrogen-bond acceptors (Lipinski definition) is 4. The van der Waals surface area contributed by atoms with Crippen molar-refractivity contribution >= 4 is 0 Å². The Bertz CT molecular complexity index is 587. The Hall–Kier alpha value is -2.01. The van der Waals surface area contributed by atoms with E-state index in [9.17, 15) is 4.39 Å². The van der Waals surface area contributed by atoms with E-state index in [0.29, 0.717) is 5.88 Å². The van der Waals surface area contributed by atoms with Gasteiger partial charge in [-0.1, -0.05) is 13.0 Å². The molecule has 1 heterocycles. The van der Waals surface area contributed by atoms with E-state index in [0.717, 1.165) is 29.8 Å². The number of aryl methyl sites for hydroxylation is 1. The van der Waals surface area contributed by atoms with Crippen LogP contribution in [0.5, 0.6) is 5.88 Å². The van der Waals surface area contributed by atoms with Gasteiger partial charge in [-0.15, -0.1) is 10.2 Å². The molecule has 1 aromatic carbocycles. The van der Waals surface area contributed by atoms with Crippen LogP contribution in [0.25, 0.3) is 0 Å². The van der Waals surface area contributed by atoms with E-state index in [-0.39, 0.29) is 11.9 Å². The molecule has 0 bridgehead atoms. The number of nitrogens with zero attached hydrogens (tertiary/aromatic N) is 2. The molecule has 4 nitrogen and oxygen atoms in total. The minimum absolute atomic E-state index is 0.181. The highest BCUT2D eigenvalue weighted by Gasteiger charge is 2.18. The maximum atomic E-state index is 13.6. The molecule has 0 aliphatic carbocycles. The van der Waals surface area contributed by atoms with E-state index < -0.39 is 0 Å². The summed E-state index contributed by atoms with van der Waals surface area (Å²) < 4.78 is 18.6. The molecule has 21 heavy (non-hydrogen) atoms. The van der Waals surface area contributed by atoms with E-state index in [4.69, 9.17) is 4.74 Å². The smallest absolute Gasteiger partial charge is 0.233 e. The fourth-order valence-corrected chi connectivity index (χ4v) is 2.18. The van der Waals surface area contributed by atoms with Gasteiger partial charge in [-0.25, -0.2) is 4.39 Å². The van der Waals surface area contributed by atoms with E-state index >= 15 is 0 Å². The quantitative estimate of drug-likeness (QED) is 0.888. The fourth-order valence-electron chi connectivity index (χ4n) is 2.18. The van der Waals surface area contributed by atoms with E-state index in [1.54, 1.807) is 25.3 Å². The molecule has 2 rings (SSSR count). The summed E-state index contributed by atoms with van der Waals surface area (Å²) in [5, 5.41) is 11.6. The van der Waals surface area contributed by atoms with Gasteiger partial charge in [0, 0.05) is 6.07 Å². The van der Waals surface area contributed by atoms with Gasteiger partial charge in [-0.3, -0.25) is 0 Å². The third-order valence-corrected chi connectivity index (χ3v) is 3.32. The van der Waals surface area contributed by atoms with Crippen LogP contribution in [-0.2, 0) is 0 Å². The Morgan fingerprint density at radius 2 is 2.05 bits per heavy atom. The topological polar surface area (TPSA) is 47.0 Å². The van der Waals surface area contributed by atoms with Crippen LogP contribution in [0.15, 0.2) is 30.3 Å². The van der Waals surface area contributed by atoms with Crippen molar-refractivity contribution in [1.29, 1.82) is 0 Å². The lowest BCUT2D eigenvalue weighted by Gasteiger charge is -2.20. The molecule has 112 valence electrons. The molecule has 0 fully saturated rings. The van der Waals surface area contributed by atoms with E-state index in [1.807, 2.05) is 13.0 Å². The van der Waals surface area contributed by atoms with Crippen LogP contribution in [0.1, 0.15) is 36.2 Å². The highest BCUT2D eigenvalue weighted by molar-refractivity contribution is 5.35. The second-order valence-electron chi connectivity index (χ2n) is 4.89. The Kier molecular flexibility index (Phi) is 5.22. The first-order valence-corrected chi connectivity index (χ1v) is 7.02. The summed E-state index contributed by atoms with van der Waals surface area (Å²) >= 11 is 0. The number of halogens is 1. The zero-order valence-electron chi connectivity index (χ0n) is 12.6. The van der Waals surface area contributed by atoms with Crippen LogP contribution in [0.4, 0.5) is 4.39 Å². The lowest BCUT2D eigenvalue weighted by atomic mass is 9.98. The Labute approximate surface area is 124 Å². The van der Waals surface area contributed by atoms with Gasteiger partial charge in [0.2, 0.25) is 5.88 Å².